The quantitative estimate of drug-likeness (QED) is 0.527. The Bertz CT molecular complexity index is 279. The first-order valence-electron chi connectivity index (χ1n) is 2.50. The van der Waals surface area contributed by atoms with Crippen molar-refractivity contribution in [2.24, 2.45) is 0 Å². The van der Waals surface area contributed by atoms with Gasteiger partial charge >= 0.3 is 5.97 Å². The summed E-state index contributed by atoms with van der Waals surface area (Å²) in [6.07, 6.45) is 0. The van der Waals surface area contributed by atoms with Gasteiger partial charge in [0.2, 0.25) is 10.8 Å². The molecule has 0 radical (unpaired) electrons. The van der Waals surface area contributed by atoms with Crippen molar-refractivity contribution in [3.8, 4) is 0 Å². The summed E-state index contributed by atoms with van der Waals surface area (Å²) in [5, 5.41) is 16.2. The lowest BCUT2D eigenvalue weighted by Crippen LogP contribution is -2.03. The highest BCUT2D eigenvalue weighted by Gasteiger charge is 2.18. The maximum Gasteiger partial charge on any atom is 0.358 e. The third kappa shape index (κ3) is 1.37. The predicted molar refractivity (Wildman–Crippen MR) is 36.7 cm³/mol. The fourth-order valence-corrected chi connectivity index (χ4v) is 0.685. The Morgan fingerprint density at radius 2 is 1.91 bits per heavy atom. The minimum absolute atomic E-state index is 0.277. The number of nitrogens with zero attached hydrogens (tertiary/aromatic N) is 2. The molecule has 0 aliphatic rings. The molecule has 0 amide bonds. The van der Waals surface area contributed by atoms with E-state index >= 15 is 0 Å². The molecule has 0 fully saturated rings. The first kappa shape index (κ1) is 7.73. The molecule has 1 aromatic heterocycles. The molecule has 0 aromatic carbocycles. The van der Waals surface area contributed by atoms with Crippen LogP contribution in [0.4, 0.5) is 0 Å². The van der Waals surface area contributed by atoms with Crippen LogP contribution in [-0.4, -0.2) is 31.6 Å². The molecule has 0 saturated carbocycles. The van der Waals surface area contributed by atoms with Gasteiger partial charge in [-0.3, -0.25) is 4.79 Å². The van der Waals surface area contributed by atoms with E-state index in [0.717, 1.165) is 0 Å². The minimum Gasteiger partial charge on any atom is -0.476 e. The van der Waals surface area contributed by atoms with E-state index in [0.29, 0.717) is 0 Å². The van der Waals surface area contributed by atoms with E-state index in [4.69, 9.17) is 5.11 Å². The van der Waals surface area contributed by atoms with Gasteiger partial charge in [0.15, 0.2) is 5.69 Å². The average molecular weight is 173 g/mol. The Morgan fingerprint density at radius 3 is 2.27 bits per heavy atom. The van der Waals surface area contributed by atoms with Crippen molar-refractivity contribution in [3.05, 3.63) is 11.4 Å². The topological polar surface area (TPSA) is 95.9 Å². The molecule has 58 valence electrons. The largest absolute Gasteiger partial charge is 0.476 e. The number of hydrogen-bond acceptors (Lipinski definition) is 4. The first-order chi connectivity index (χ1) is 5.13. The normalized spacial score (nSPS) is 9.55. The van der Waals surface area contributed by atoms with Crippen LogP contribution in [0.3, 0.4) is 0 Å². The summed E-state index contributed by atoms with van der Waals surface area (Å²) in [4.78, 5) is 20.8. The molecule has 7 heteroatoms. The van der Waals surface area contributed by atoms with Crippen LogP contribution in [-0.2, 0) is 0 Å². The fourth-order valence-electron chi connectivity index (χ4n) is 0.529. The molecule has 0 atom stereocenters. The molecule has 2 N–H and O–H groups in total. The SMILES string of the molecule is O=C(O)c1n[nH]nc1C(=O)S. The molecule has 0 aliphatic carbocycles. The first-order valence-corrected chi connectivity index (χ1v) is 2.95. The van der Waals surface area contributed by atoms with Gasteiger partial charge in [-0.2, -0.15) is 10.3 Å². The van der Waals surface area contributed by atoms with Gasteiger partial charge in [-0.1, -0.05) is 12.6 Å². The zero-order valence-electron chi connectivity index (χ0n) is 5.11. The molecule has 11 heavy (non-hydrogen) atoms. The Hall–Kier alpha value is -1.37. The van der Waals surface area contributed by atoms with E-state index in [1.165, 1.54) is 0 Å². The van der Waals surface area contributed by atoms with Gasteiger partial charge in [0, 0.05) is 0 Å². The Balaban J connectivity index is 3.16. The average Bonchev–Trinajstić information content (AvgIpc) is 2.32. The number of aromatic nitrogens is 3. The highest BCUT2D eigenvalue weighted by Crippen LogP contribution is 2.03. The van der Waals surface area contributed by atoms with Crippen molar-refractivity contribution >= 4 is 23.7 Å². The number of aromatic amines is 1. The van der Waals surface area contributed by atoms with Crippen LogP contribution in [0, 0.1) is 0 Å². The van der Waals surface area contributed by atoms with Gasteiger partial charge in [0.25, 0.3) is 0 Å². The summed E-state index contributed by atoms with van der Waals surface area (Å²) in [5.74, 6) is -1.31. The molecule has 0 unspecified atom stereocenters. The predicted octanol–water partition coefficient (Wildman–Crippen LogP) is -0.427. The third-order valence-electron chi connectivity index (χ3n) is 0.953. The number of carboxylic acid groups (broad SMARTS) is 1. The molecular formula is C4H3N3O3S. The van der Waals surface area contributed by atoms with Gasteiger partial charge in [0.05, 0.1) is 0 Å². The summed E-state index contributed by atoms with van der Waals surface area (Å²) < 4.78 is 0. The Morgan fingerprint density at radius 1 is 1.36 bits per heavy atom. The van der Waals surface area contributed by atoms with Gasteiger partial charge in [-0.15, -0.1) is 5.10 Å². The zero-order valence-corrected chi connectivity index (χ0v) is 6.00. The number of carbonyl (C=O) groups excluding carboxylic acids is 1. The van der Waals surface area contributed by atoms with Crippen molar-refractivity contribution in [1.82, 2.24) is 15.4 Å². The minimum atomic E-state index is -1.31. The second-order valence-corrected chi connectivity index (χ2v) is 2.04. The van der Waals surface area contributed by atoms with Crippen molar-refractivity contribution < 1.29 is 14.7 Å². The van der Waals surface area contributed by atoms with Gasteiger partial charge in [-0.05, 0) is 0 Å². The maximum atomic E-state index is 10.5. The second kappa shape index (κ2) is 2.70. The molecule has 0 bridgehead atoms. The number of carboxylic acids is 1. The van der Waals surface area contributed by atoms with E-state index in [9.17, 15) is 9.59 Å². The van der Waals surface area contributed by atoms with Crippen LogP contribution in [0.5, 0.6) is 0 Å². The highest BCUT2D eigenvalue weighted by atomic mass is 32.1. The number of H-pyrrole nitrogens is 1. The van der Waals surface area contributed by atoms with Crippen LogP contribution < -0.4 is 0 Å². The van der Waals surface area contributed by atoms with Gasteiger partial charge in [0.1, 0.15) is 0 Å². The number of thiol groups is 1. The molecule has 6 nitrogen and oxygen atoms in total. The summed E-state index contributed by atoms with van der Waals surface area (Å²) in [5.41, 5.74) is -0.689. The van der Waals surface area contributed by atoms with Crippen molar-refractivity contribution in [2.45, 2.75) is 0 Å². The number of rotatable bonds is 2. The Labute approximate surface area is 66.0 Å². The number of nitrogens with one attached hydrogen (secondary N) is 1. The van der Waals surface area contributed by atoms with Crippen LogP contribution in [0.15, 0.2) is 0 Å². The van der Waals surface area contributed by atoms with Crippen molar-refractivity contribution in [1.29, 1.82) is 0 Å². The number of aromatic carboxylic acids is 1. The molecule has 0 saturated heterocycles. The maximum absolute atomic E-state index is 10.5. The van der Waals surface area contributed by atoms with Crippen LogP contribution in [0.2, 0.25) is 0 Å². The summed E-state index contributed by atoms with van der Waals surface area (Å²) in [7, 11) is 0. The van der Waals surface area contributed by atoms with E-state index in [1.54, 1.807) is 0 Å². The molecule has 0 aliphatic heterocycles. The van der Waals surface area contributed by atoms with Crippen LogP contribution in [0.1, 0.15) is 21.0 Å². The Kier molecular flexibility index (Phi) is 1.90. The van der Waals surface area contributed by atoms with E-state index in [2.05, 4.69) is 22.8 Å². The fraction of sp³-hybridized carbons (Fsp3) is 0. The lowest BCUT2D eigenvalue weighted by Gasteiger charge is -1.86. The van der Waals surface area contributed by atoms with Gasteiger partial charge < -0.3 is 5.11 Å². The molecule has 1 aromatic rings. The van der Waals surface area contributed by atoms with Crippen molar-refractivity contribution in [2.75, 3.05) is 0 Å². The van der Waals surface area contributed by atoms with Crippen molar-refractivity contribution in [3.63, 3.8) is 0 Å². The van der Waals surface area contributed by atoms with Gasteiger partial charge in [-0.25, -0.2) is 4.79 Å². The summed E-state index contributed by atoms with van der Waals surface area (Å²) in [6, 6.07) is 0. The van der Waals surface area contributed by atoms with E-state index in [1.807, 2.05) is 5.21 Å². The van der Waals surface area contributed by atoms with Crippen LogP contribution >= 0.6 is 12.6 Å². The monoisotopic (exact) mass is 173 g/mol. The summed E-state index contributed by atoms with van der Waals surface area (Å²) >= 11 is 3.39. The second-order valence-electron chi connectivity index (χ2n) is 1.63. The highest BCUT2D eigenvalue weighted by molar-refractivity contribution is 7.97. The number of hydrogen-bond donors (Lipinski definition) is 3. The van der Waals surface area contributed by atoms with E-state index < -0.39 is 16.8 Å². The zero-order chi connectivity index (χ0) is 8.43. The number of carbonyl (C=O) groups is 2. The van der Waals surface area contributed by atoms with Crippen LogP contribution in [0.25, 0.3) is 0 Å². The standard InChI is InChI=1S/C4H3N3O3S/c8-3(9)1-2(4(10)11)6-7-5-1/h(H,8,9)(H,10,11)(H,5,6,7). The molecule has 0 spiro atoms. The molecule has 1 heterocycles. The lowest BCUT2D eigenvalue weighted by molar-refractivity contribution is 0.0687. The lowest BCUT2D eigenvalue weighted by atomic mass is 10.3. The molecular weight excluding hydrogens is 170 g/mol. The third-order valence-corrected chi connectivity index (χ3v) is 1.16. The van der Waals surface area contributed by atoms with E-state index in [-0.39, 0.29) is 5.69 Å². The molecule has 1 rings (SSSR count). The summed E-state index contributed by atoms with van der Waals surface area (Å²) in [6.45, 7) is 0. The smallest absolute Gasteiger partial charge is 0.358 e.